The first-order chi connectivity index (χ1) is 7.68. The van der Waals surface area contributed by atoms with E-state index >= 15 is 0 Å². The number of fused-ring (bicyclic) bond motifs is 1. The van der Waals surface area contributed by atoms with Crippen LogP contribution in [0.5, 0.6) is 5.75 Å². The molecule has 0 atom stereocenters. The van der Waals surface area contributed by atoms with Crippen molar-refractivity contribution in [2.45, 2.75) is 50.9 Å². The molecule has 1 heterocycles. The molecule has 0 unspecified atom stereocenters. The van der Waals surface area contributed by atoms with Gasteiger partial charge in [0.15, 0.2) is 0 Å². The van der Waals surface area contributed by atoms with Crippen LogP contribution in [0.4, 0.5) is 0 Å². The number of rotatable bonds is 1. The molecular formula is C15H20O. The van der Waals surface area contributed by atoms with E-state index in [9.17, 15) is 0 Å². The molecule has 0 aromatic heterocycles. The molecular weight excluding hydrogens is 196 g/mol. The van der Waals surface area contributed by atoms with Crippen molar-refractivity contribution in [1.29, 1.82) is 0 Å². The second kappa shape index (κ2) is 3.51. The molecule has 0 N–H and O–H groups in total. The fourth-order valence-corrected chi connectivity index (χ4v) is 3.14. The van der Waals surface area contributed by atoms with Crippen LogP contribution in [0.3, 0.4) is 0 Å². The van der Waals surface area contributed by atoms with Crippen LogP contribution in [0.2, 0.25) is 0 Å². The summed E-state index contributed by atoms with van der Waals surface area (Å²) in [5, 5.41) is 0. The number of ether oxygens (including phenoxy) is 1. The molecule has 1 aliphatic heterocycles. The summed E-state index contributed by atoms with van der Waals surface area (Å²) < 4.78 is 5.96. The van der Waals surface area contributed by atoms with E-state index in [0.717, 1.165) is 12.5 Å². The van der Waals surface area contributed by atoms with Crippen molar-refractivity contribution in [2.24, 2.45) is 0 Å². The van der Waals surface area contributed by atoms with Gasteiger partial charge in [-0.05, 0) is 24.3 Å². The molecule has 1 aromatic rings. The third kappa shape index (κ3) is 1.45. The SMILES string of the molecule is CC1(C)COc2c(C3CCCC3)cccc21. The van der Waals surface area contributed by atoms with Crippen LogP contribution in [0, 0.1) is 0 Å². The Hall–Kier alpha value is -0.980. The minimum atomic E-state index is 0.198. The predicted molar refractivity (Wildman–Crippen MR) is 66.2 cm³/mol. The van der Waals surface area contributed by atoms with Crippen molar-refractivity contribution in [3.8, 4) is 5.75 Å². The van der Waals surface area contributed by atoms with E-state index in [1.165, 1.54) is 42.6 Å². The molecule has 1 heteroatoms. The Morgan fingerprint density at radius 3 is 2.69 bits per heavy atom. The monoisotopic (exact) mass is 216 g/mol. The van der Waals surface area contributed by atoms with Crippen LogP contribution in [-0.4, -0.2) is 6.61 Å². The topological polar surface area (TPSA) is 9.23 Å². The van der Waals surface area contributed by atoms with Crippen molar-refractivity contribution >= 4 is 0 Å². The maximum Gasteiger partial charge on any atom is 0.126 e. The Labute approximate surface area is 97.8 Å². The summed E-state index contributed by atoms with van der Waals surface area (Å²) in [6.07, 6.45) is 5.47. The van der Waals surface area contributed by atoms with E-state index in [2.05, 4.69) is 32.0 Å². The molecule has 16 heavy (non-hydrogen) atoms. The molecule has 0 amide bonds. The maximum absolute atomic E-state index is 5.96. The molecule has 1 aromatic carbocycles. The number of para-hydroxylation sites is 1. The zero-order valence-electron chi connectivity index (χ0n) is 10.3. The van der Waals surface area contributed by atoms with Crippen molar-refractivity contribution < 1.29 is 4.74 Å². The van der Waals surface area contributed by atoms with Gasteiger partial charge in [-0.2, -0.15) is 0 Å². The summed E-state index contributed by atoms with van der Waals surface area (Å²) in [5.74, 6) is 1.96. The molecule has 1 nitrogen and oxygen atoms in total. The van der Waals surface area contributed by atoms with E-state index in [0.29, 0.717) is 0 Å². The maximum atomic E-state index is 5.96. The smallest absolute Gasteiger partial charge is 0.126 e. The van der Waals surface area contributed by atoms with Gasteiger partial charge in [-0.1, -0.05) is 44.9 Å². The lowest BCUT2D eigenvalue weighted by Crippen LogP contribution is -2.18. The highest BCUT2D eigenvalue weighted by Crippen LogP contribution is 2.46. The first-order valence-corrected chi connectivity index (χ1v) is 6.45. The van der Waals surface area contributed by atoms with E-state index < -0.39 is 0 Å². The first-order valence-electron chi connectivity index (χ1n) is 6.45. The van der Waals surface area contributed by atoms with Crippen molar-refractivity contribution in [3.63, 3.8) is 0 Å². The lowest BCUT2D eigenvalue weighted by atomic mass is 9.84. The van der Waals surface area contributed by atoms with Gasteiger partial charge in [0.25, 0.3) is 0 Å². The lowest BCUT2D eigenvalue weighted by molar-refractivity contribution is 0.288. The van der Waals surface area contributed by atoms with Crippen molar-refractivity contribution in [2.75, 3.05) is 6.61 Å². The zero-order valence-corrected chi connectivity index (χ0v) is 10.3. The van der Waals surface area contributed by atoms with Crippen LogP contribution >= 0.6 is 0 Å². The van der Waals surface area contributed by atoms with Crippen molar-refractivity contribution in [1.82, 2.24) is 0 Å². The molecule has 0 saturated heterocycles. The molecule has 1 saturated carbocycles. The summed E-state index contributed by atoms with van der Waals surface area (Å²) >= 11 is 0. The van der Waals surface area contributed by atoms with Gasteiger partial charge >= 0.3 is 0 Å². The van der Waals surface area contributed by atoms with E-state index in [-0.39, 0.29) is 5.41 Å². The van der Waals surface area contributed by atoms with E-state index in [1.54, 1.807) is 0 Å². The molecule has 1 fully saturated rings. The molecule has 2 aliphatic rings. The highest BCUT2D eigenvalue weighted by Gasteiger charge is 2.34. The summed E-state index contributed by atoms with van der Waals surface area (Å²) in [7, 11) is 0. The lowest BCUT2D eigenvalue weighted by Gasteiger charge is -2.16. The van der Waals surface area contributed by atoms with Crippen LogP contribution in [0.25, 0.3) is 0 Å². The van der Waals surface area contributed by atoms with E-state index in [4.69, 9.17) is 4.74 Å². The molecule has 86 valence electrons. The van der Waals surface area contributed by atoms with Gasteiger partial charge in [0.1, 0.15) is 5.75 Å². The first kappa shape index (κ1) is 10.2. The minimum absolute atomic E-state index is 0.198. The Balaban J connectivity index is 2.05. The van der Waals surface area contributed by atoms with Gasteiger partial charge in [0, 0.05) is 11.0 Å². The Morgan fingerprint density at radius 1 is 1.19 bits per heavy atom. The quantitative estimate of drug-likeness (QED) is 0.689. The Morgan fingerprint density at radius 2 is 1.94 bits per heavy atom. The zero-order chi connectivity index (χ0) is 11.2. The van der Waals surface area contributed by atoms with Gasteiger partial charge in [-0.3, -0.25) is 0 Å². The molecule has 3 rings (SSSR count). The number of benzene rings is 1. The Kier molecular flexibility index (Phi) is 2.24. The highest BCUT2D eigenvalue weighted by molar-refractivity contribution is 5.50. The summed E-state index contributed by atoms with van der Waals surface area (Å²) in [6.45, 7) is 5.39. The Bertz CT molecular complexity index is 400. The van der Waals surface area contributed by atoms with Gasteiger partial charge in [-0.25, -0.2) is 0 Å². The summed E-state index contributed by atoms with van der Waals surface area (Å²) in [5.41, 5.74) is 3.08. The second-order valence-corrected chi connectivity index (χ2v) is 5.88. The normalized spacial score (nSPS) is 23.1. The van der Waals surface area contributed by atoms with Gasteiger partial charge in [-0.15, -0.1) is 0 Å². The second-order valence-electron chi connectivity index (χ2n) is 5.88. The standard InChI is InChI=1S/C15H20O/c1-15(2)10-16-14-12(8-5-9-13(14)15)11-6-3-4-7-11/h5,8-9,11H,3-4,6-7,10H2,1-2H3. The van der Waals surface area contributed by atoms with Crippen molar-refractivity contribution in [3.05, 3.63) is 29.3 Å². The van der Waals surface area contributed by atoms with Crippen LogP contribution in [-0.2, 0) is 5.41 Å². The third-order valence-electron chi connectivity index (χ3n) is 4.15. The van der Waals surface area contributed by atoms with Crippen LogP contribution in [0.1, 0.15) is 56.6 Å². The van der Waals surface area contributed by atoms with Gasteiger partial charge in [0.05, 0.1) is 6.61 Å². The largest absolute Gasteiger partial charge is 0.492 e. The average Bonchev–Trinajstić information content (AvgIpc) is 2.87. The molecule has 0 radical (unpaired) electrons. The minimum Gasteiger partial charge on any atom is -0.492 e. The molecule has 1 aliphatic carbocycles. The van der Waals surface area contributed by atoms with Gasteiger partial charge in [0.2, 0.25) is 0 Å². The molecule has 0 spiro atoms. The average molecular weight is 216 g/mol. The predicted octanol–water partition coefficient (Wildman–Crippen LogP) is 4.01. The van der Waals surface area contributed by atoms with Gasteiger partial charge < -0.3 is 4.74 Å². The van der Waals surface area contributed by atoms with Crippen LogP contribution < -0.4 is 4.74 Å². The third-order valence-corrected chi connectivity index (χ3v) is 4.15. The molecule has 0 bridgehead atoms. The fraction of sp³-hybridized carbons (Fsp3) is 0.600. The number of hydrogen-bond acceptors (Lipinski definition) is 1. The highest BCUT2D eigenvalue weighted by atomic mass is 16.5. The fourth-order valence-electron chi connectivity index (χ4n) is 3.14. The summed E-state index contributed by atoms with van der Waals surface area (Å²) in [6, 6.07) is 6.72. The number of hydrogen-bond donors (Lipinski definition) is 0. The van der Waals surface area contributed by atoms with E-state index in [1.807, 2.05) is 0 Å². The van der Waals surface area contributed by atoms with Crippen LogP contribution in [0.15, 0.2) is 18.2 Å². The summed E-state index contributed by atoms with van der Waals surface area (Å²) in [4.78, 5) is 0.